The number of pyridine rings is 1. The molecule has 0 unspecified atom stereocenters. The van der Waals surface area contributed by atoms with Crippen LogP contribution in [0.25, 0.3) is 0 Å². The van der Waals surface area contributed by atoms with E-state index in [4.69, 9.17) is 9.47 Å². The molecular weight excluding hydrogens is 438 g/mol. The molecule has 3 heterocycles. The number of likely N-dealkylation sites (tertiary alicyclic amines) is 1. The van der Waals surface area contributed by atoms with Crippen LogP contribution in [0, 0.1) is 0 Å². The minimum atomic E-state index is -0.139. The van der Waals surface area contributed by atoms with Crippen molar-refractivity contribution in [3.05, 3.63) is 90.3 Å². The lowest BCUT2D eigenvalue weighted by molar-refractivity contribution is -0.117. The fraction of sp³-hybridized carbons (Fsp3) is 0.379. The summed E-state index contributed by atoms with van der Waals surface area (Å²) in [7, 11) is 0. The second kappa shape index (κ2) is 10.6. The number of para-hydroxylation sites is 2. The highest BCUT2D eigenvalue weighted by Gasteiger charge is 2.45. The minimum Gasteiger partial charge on any atom is -0.489 e. The van der Waals surface area contributed by atoms with Gasteiger partial charge in [0, 0.05) is 55.8 Å². The van der Waals surface area contributed by atoms with Gasteiger partial charge in [0.15, 0.2) is 0 Å². The van der Waals surface area contributed by atoms with Crippen molar-refractivity contribution >= 4 is 11.6 Å². The topological polar surface area (TPSA) is 54.9 Å². The number of anilines is 1. The summed E-state index contributed by atoms with van der Waals surface area (Å²) in [4.78, 5) is 21.0. The normalized spacial score (nSPS) is 19.5. The highest BCUT2D eigenvalue weighted by molar-refractivity contribution is 5.92. The van der Waals surface area contributed by atoms with Gasteiger partial charge in [0.25, 0.3) is 0 Å². The predicted molar refractivity (Wildman–Crippen MR) is 136 cm³/mol. The molecule has 0 saturated carbocycles. The summed E-state index contributed by atoms with van der Waals surface area (Å²) in [5, 5.41) is 0. The third-order valence-electron chi connectivity index (χ3n) is 7.18. The molecule has 182 valence electrons. The molecule has 1 atom stereocenters. The average molecular weight is 472 g/mol. The molecule has 1 amide bonds. The van der Waals surface area contributed by atoms with Crippen molar-refractivity contribution in [2.45, 2.75) is 51.0 Å². The van der Waals surface area contributed by atoms with Gasteiger partial charge in [-0.2, -0.15) is 0 Å². The van der Waals surface area contributed by atoms with Gasteiger partial charge in [-0.25, -0.2) is 0 Å². The number of rotatable bonds is 7. The molecule has 2 saturated heterocycles. The van der Waals surface area contributed by atoms with E-state index >= 15 is 0 Å². The van der Waals surface area contributed by atoms with Crippen LogP contribution in [0.4, 0.5) is 5.69 Å². The largest absolute Gasteiger partial charge is 0.489 e. The number of nitrogens with zero attached hydrogens (tertiary/aromatic N) is 3. The van der Waals surface area contributed by atoms with Gasteiger partial charge in [0.1, 0.15) is 12.4 Å². The van der Waals surface area contributed by atoms with Crippen molar-refractivity contribution in [2.75, 3.05) is 24.6 Å². The Kier molecular flexibility index (Phi) is 7.11. The summed E-state index contributed by atoms with van der Waals surface area (Å²) in [6.45, 7) is 5.54. The number of carbonyl (C=O) groups is 1. The van der Waals surface area contributed by atoms with Crippen molar-refractivity contribution < 1.29 is 14.3 Å². The number of piperidine rings is 1. The molecule has 2 aliphatic rings. The Hall–Kier alpha value is -3.22. The van der Waals surface area contributed by atoms with Gasteiger partial charge in [-0.1, -0.05) is 42.5 Å². The van der Waals surface area contributed by atoms with Gasteiger partial charge in [-0.3, -0.25) is 14.7 Å². The number of ether oxygens (including phenoxy) is 2. The first-order chi connectivity index (χ1) is 17.1. The van der Waals surface area contributed by atoms with E-state index in [0.717, 1.165) is 55.9 Å². The fourth-order valence-electron chi connectivity index (χ4n) is 5.35. The van der Waals surface area contributed by atoms with Crippen LogP contribution in [-0.2, 0) is 22.7 Å². The first kappa shape index (κ1) is 23.5. The maximum atomic E-state index is 12.5. The number of hydrogen-bond acceptors (Lipinski definition) is 5. The number of aromatic nitrogens is 1. The summed E-state index contributed by atoms with van der Waals surface area (Å²) in [5.41, 5.74) is 3.07. The molecule has 2 aliphatic heterocycles. The Morgan fingerprint density at radius 1 is 1.09 bits per heavy atom. The van der Waals surface area contributed by atoms with Crippen molar-refractivity contribution in [2.24, 2.45) is 0 Å². The van der Waals surface area contributed by atoms with E-state index in [-0.39, 0.29) is 17.6 Å². The molecule has 6 nitrogen and oxygen atoms in total. The average Bonchev–Trinajstić information content (AvgIpc) is 3.29. The lowest BCUT2D eigenvalue weighted by Gasteiger charge is -2.39. The van der Waals surface area contributed by atoms with E-state index in [1.54, 1.807) is 13.1 Å². The highest BCUT2D eigenvalue weighted by Crippen LogP contribution is 2.39. The molecule has 6 heteroatoms. The van der Waals surface area contributed by atoms with Crippen LogP contribution in [0.3, 0.4) is 0 Å². The molecule has 5 rings (SSSR count). The van der Waals surface area contributed by atoms with Gasteiger partial charge in [0.2, 0.25) is 5.91 Å². The molecule has 0 aliphatic carbocycles. The van der Waals surface area contributed by atoms with Crippen molar-refractivity contribution in [1.82, 2.24) is 9.88 Å². The van der Waals surface area contributed by atoms with Crippen LogP contribution >= 0.6 is 0 Å². The summed E-state index contributed by atoms with van der Waals surface area (Å²) in [5.74, 6) is 0.996. The van der Waals surface area contributed by atoms with E-state index in [2.05, 4.69) is 22.0 Å². The van der Waals surface area contributed by atoms with Crippen LogP contribution in [0.15, 0.2) is 79.1 Å². The Morgan fingerprint density at radius 2 is 1.86 bits per heavy atom. The van der Waals surface area contributed by atoms with E-state index < -0.39 is 0 Å². The van der Waals surface area contributed by atoms with Gasteiger partial charge in [-0.15, -0.1) is 0 Å². The SMILES string of the molecule is CC(=O)N(c1ccccc1)[C@H]1COC2(CCN(Cc3ccccc3OCc3cccnc3)CC2)C1. The summed E-state index contributed by atoms with van der Waals surface area (Å²) in [6, 6.07) is 22.3. The molecule has 0 N–H and O–H groups in total. The van der Waals surface area contributed by atoms with Crippen molar-refractivity contribution in [3.8, 4) is 5.75 Å². The van der Waals surface area contributed by atoms with Crippen LogP contribution in [0.2, 0.25) is 0 Å². The van der Waals surface area contributed by atoms with Gasteiger partial charge in [-0.05, 0) is 43.5 Å². The molecule has 0 bridgehead atoms. The fourth-order valence-corrected chi connectivity index (χ4v) is 5.35. The highest BCUT2D eigenvalue weighted by atomic mass is 16.5. The molecule has 35 heavy (non-hydrogen) atoms. The van der Waals surface area contributed by atoms with E-state index in [9.17, 15) is 4.79 Å². The van der Waals surface area contributed by atoms with Crippen LogP contribution in [0.1, 0.15) is 37.3 Å². The Balaban J connectivity index is 1.18. The Labute approximate surface area is 207 Å². The predicted octanol–water partition coefficient (Wildman–Crippen LogP) is 4.84. The zero-order chi connectivity index (χ0) is 24.1. The Morgan fingerprint density at radius 3 is 2.60 bits per heavy atom. The second-order valence-corrected chi connectivity index (χ2v) is 9.61. The van der Waals surface area contributed by atoms with Crippen molar-refractivity contribution in [3.63, 3.8) is 0 Å². The molecule has 3 aromatic rings. The van der Waals surface area contributed by atoms with Gasteiger partial charge >= 0.3 is 0 Å². The zero-order valence-corrected chi connectivity index (χ0v) is 20.3. The van der Waals surface area contributed by atoms with Gasteiger partial charge < -0.3 is 14.4 Å². The van der Waals surface area contributed by atoms with E-state index in [0.29, 0.717) is 13.2 Å². The molecule has 2 aromatic carbocycles. The number of benzene rings is 2. The number of amides is 1. The van der Waals surface area contributed by atoms with Gasteiger partial charge in [0.05, 0.1) is 18.2 Å². The minimum absolute atomic E-state index is 0.0715. The lowest BCUT2D eigenvalue weighted by atomic mass is 9.86. The first-order valence-corrected chi connectivity index (χ1v) is 12.4. The quantitative estimate of drug-likeness (QED) is 0.494. The third-order valence-corrected chi connectivity index (χ3v) is 7.18. The summed E-state index contributed by atoms with van der Waals surface area (Å²) < 4.78 is 12.5. The van der Waals surface area contributed by atoms with Crippen LogP contribution < -0.4 is 9.64 Å². The molecule has 0 radical (unpaired) electrons. The second-order valence-electron chi connectivity index (χ2n) is 9.61. The maximum Gasteiger partial charge on any atom is 0.224 e. The smallest absolute Gasteiger partial charge is 0.224 e. The zero-order valence-electron chi connectivity index (χ0n) is 20.3. The van der Waals surface area contributed by atoms with E-state index in [1.165, 1.54) is 5.56 Å². The number of hydrogen-bond donors (Lipinski definition) is 0. The molecule has 1 aromatic heterocycles. The Bertz CT molecular complexity index is 1110. The standard InChI is InChI=1S/C29H33N3O3/c1-23(33)32(26-10-3-2-4-11-26)27-18-29(35-22-27)13-16-31(17-14-29)20-25-9-5-6-12-28(25)34-21-24-8-7-15-30-19-24/h2-12,15,19,27H,13-14,16-18,20-22H2,1H3/t27-/m1/s1. The van der Waals surface area contributed by atoms with E-state index in [1.807, 2.05) is 65.7 Å². The number of carbonyl (C=O) groups excluding carboxylic acids is 1. The first-order valence-electron chi connectivity index (χ1n) is 12.4. The third kappa shape index (κ3) is 5.55. The lowest BCUT2D eigenvalue weighted by Crippen LogP contribution is -2.45. The monoisotopic (exact) mass is 471 g/mol. The molecule has 2 fully saturated rings. The maximum absolute atomic E-state index is 12.5. The van der Waals surface area contributed by atoms with Crippen LogP contribution in [-0.4, -0.2) is 47.1 Å². The molecule has 1 spiro atoms. The van der Waals surface area contributed by atoms with Crippen LogP contribution in [0.5, 0.6) is 5.75 Å². The van der Waals surface area contributed by atoms with Crippen molar-refractivity contribution in [1.29, 1.82) is 0 Å². The molecular formula is C29H33N3O3. The summed E-state index contributed by atoms with van der Waals surface area (Å²) >= 11 is 0. The summed E-state index contributed by atoms with van der Waals surface area (Å²) in [6.07, 6.45) is 6.45.